The number of nitrogens with zero attached hydrogens (tertiary/aromatic N) is 2. The molecule has 2 heterocycles. The van der Waals surface area contributed by atoms with Crippen molar-refractivity contribution in [1.82, 2.24) is 15.2 Å². The van der Waals surface area contributed by atoms with Gasteiger partial charge in [0, 0.05) is 28.6 Å². The standard InChI is InChI=1S/C23H28N4OS/c1-3-20-12-13-21(29-20)16-26-23(24-4-2)25-15-18-8-10-19(11-9-18)17-27-14-6-5-7-22(27)28/h5-14H,3-4,15-17H2,1-2H3,(H2,24,25,26). The zero-order valence-electron chi connectivity index (χ0n) is 17.0. The second kappa shape index (κ2) is 10.6. The van der Waals surface area contributed by atoms with E-state index < -0.39 is 0 Å². The highest BCUT2D eigenvalue weighted by molar-refractivity contribution is 7.11. The summed E-state index contributed by atoms with van der Waals surface area (Å²) in [6.45, 7) is 7.03. The van der Waals surface area contributed by atoms with Gasteiger partial charge in [-0.3, -0.25) is 4.79 Å². The highest BCUT2D eigenvalue weighted by Crippen LogP contribution is 2.16. The van der Waals surface area contributed by atoms with Gasteiger partial charge in [0.2, 0.25) is 0 Å². The molecular formula is C23H28N4OS. The van der Waals surface area contributed by atoms with Crippen LogP contribution < -0.4 is 16.2 Å². The van der Waals surface area contributed by atoms with Crippen molar-refractivity contribution >= 4 is 17.3 Å². The Balaban J connectivity index is 1.58. The van der Waals surface area contributed by atoms with E-state index in [1.807, 2.05) is 23.6 Å². The Labute approximate surface area is 176 Å². The monoisotopic (exact) mass is 408 g/mol. The molecule has 152 valence electrons. The molecule has 6 heteroatoms. The highest BCUT2D eigenvalue weighted by atomic mass is 32.1. The Morgan fingerprint density at radius 1 is 0.966 bits per heavy atom. The zero-order chi connectivity index (χ0) is 20.5. The fourth-order valence-electron chi connectivity index (χ4n) is 2.93. The molecular weight excluding hydrogens is 380 g/mol. The molecule has 0 fully saturated rings. The quantitative estimate of drug-likeness (QED) is 0.441. The minimum atomic E-state index is 0.0133. The highest BCUT2D eigenvalue weighted by Gasteiger charge is 2.02. The molecule has 29 heavy (non-hydrogen) atoms. The minimum Gasteiger partial charge on any atom is -0.357 e. The van der Waals surface area contributed by atoms with E-state index in [4.69, 9.17) is 4.99 Å². The van der Waals surface area contributed by atoms with Gasteiger partial charge < -0.3 is 15.2 Å². The Kier molecular flexibility index (Phi) is 7.64. The predicted octanol–water partition coefficient (Wildman–Crippen LogP) is 3.78. The van der Waals surface area contributed by atoms with E-state index in [0.29, 0.717) is 13.1 Å². The Morgan fingerprint density at radius 3 is 2.41 bits per heavy atom. The third-order valence-electron chi connectivity index (χ3n) is 4.53. The van der Waals surface area contributed by atoms with Crippen molar-refractivity contribution in [2.24, 2.45) is 4.99 Å². The van der Waals surface area contributed by atoms with E-state index in [-0.39, 0.29) is 5.56 Å². The smallest absolute Gasteiger partial charge is 0.250 e. The summed E-state index contributed by atoms with van der Waals surface area (Å²) in [7, 11) is 0. The van der Waals surface area contributed by atoms with Crippen LogP contribution in [0.15, 0.2) is 70.6 Å². The van der Waals surface area contributed by atoms with Gasteiger partial charge >= 0.3 is 0 Å². The molecule has 0 saturated heterocycles. The fraction of sp³-hybridized carbons (Fsp3) is 0.304. The normalized spacial score (nSPS) is 11.4. The lowest BCUT2D eigenvalue weighted by Crippen LogP contribution is -2.36. The minimum absolute atomic E-state index is 0.0133. The first-order valence-corrected chi connectivity index (χ1v) is 10.8. The van der Waals surface area contributed by atoms with E-state index in [2.05, 4.69) is 60.9 Å². The predicted molar refractivity (Wildman–Crippen MR) is 122 cm³/mol. The molecule has 2 N–H and O–H groups in total. The molecule has 5 nitrogen and oxygen atoms in total. The first kappa shape index (κ1) is 20.9. The number of aromatic nitrogens is 1. The zero-order valence-corrected chi connectivity index (χ0v) is 17.8. The molecule has 3 rings (SSSR count). The Hall–Kier alpha value is -2.86. The first-order chi connectivity index (χ1) is 14.2. The summed E-state index contributed by atoms with van der Waals surface area (Å²) < 4.78 is 1.70. The summed E-state index contributed by atoms with van der Waals surface area (Å²) in [4.78, 5) is 19.3. The van der Waals surface area contributed by atoms with Crippen LogP contribution in [0.2, 0.25) is 0 Å². The van der Waals surface area contributed by atoms with Gasteiger partial charge in [0.05, 0.1) is 19.6 Å². The molecule has 0 bridgehead atoms. The number of guanidine groups is 1. The second-order valence-corrected chi connectivity index (χ2v) is 8.01. The summed E-state index contributed by atoms with van der Waals surface area (Å²) in [5.41, 5.74) is 2.25. The van der Waals surface area contributed by atoms with Gasteiger partial charge in [0.1, 0.15) is 0 Å². The number of hydrogen-bond acceptors (Lipinski definition) is 3. The van der Waals surface area contributed by atoms with Crippen molar-refractivity contribution < 1.29 is 0 Å². The number of nitrogens with one attached hydrogen (secondary N) is 2. The number of pyridine rings is 1. The van der Waals surface area contributed by atoms with E-state index in [1.165, 1.54) is 9.75 Å². The lowest BCUT2D eigenvalue weighted by molar-refractivity contribution is 0.759. The van der Waals surface area contributed by atoms with Crippen molar-refractivity contribution in [3.63, 3.8) is 0 Å². The van der Waals surface area contributed by atoms with Crippen LogP contribution in [0.3, 0.4) is 0 Å². The summed E-state index contributed by atoms with van der Waals surface area (Å²) in [6, 6.07) is 17.8. The van der Waals surface area contributed by atoms with Gasteiger partial charge in [-0.05, 0) is 42.7 Å². The third kappa shape index (κ3) is 6.32. The Bertz CT molecular complexity index is 988. The van der Waals surface area contributed by atoms with E-state index in [1.54, 1.807) is 16.7 Å². The van der Waals surface area contributed by atoms with Gasteiger partial charge in [-0.25, -0.2) is 4.99 Å². The maximum Gasteiger partial charge on any atom is 0.250 e. The maximum atomic E-state index is 11.8. The molecule has 2 aromatic heterocycles. The van der Waals surface area contributed by atoms with Crippen molar-refractivity contribution in [2.75, 3.05) is 6.54 Å². The molecule has 0 aliphatic rings. The number of thiophene rings is 1. The molecule has 0 saturated carbocycles. The van der Waals surface area contributed by atoms with Gasteiger partial charge in [-0.2, -0.15) is 0 Å². The first-order valence-electron chi connectivity index (χ1n) is 10.0. The van der Waals surface area contributed by atoms with Crippen LogP contribution in [0.5, 0.6) is 0 Å². The van der Waals surface area contributed by atoms with Gasteiger partial charge in [0.15, 0.2) is 5.96 Å². The molecule has 0 atom stereocenters. The van der Waals surface area contributed by atoms with Crippen LogP contribution in [0.1, 0.15) is 34.7 Å². The SMILES string of the molecule is CCNC(=NCc1ccc(Cn2ccccc2=O)cc1)NCc1ccc(CC)s1. The lowest BCUT2D eigenvalue weighted by atomic mass is 10.1. The van der Waals surface area contributed by atoms with Crippen molar-refractivity contribution in [3.8, 4) is 0 Å². The molecule has 3 aromatic rings. The largest absolute Gasteiger partial charge is 0.357 e. The van der Waals surface area contributed by atoms with Crippen LogP contribution >= 0.6 is 11.3 Å². The van der Waals surface area contributed by atoms with Crippen molar-refractivity contribution in [3.05, 3.63) is 92.0 Å². The average Bonchev–Trinajstić information content (AvgIpc) is 3.21. The molecule has 0 spiro atoms. The Morgan fingerprint density at radius 2 is 1.72 bits per heavy atom. The van der Waals surface area contributed by atoms with Gasteiger partial charge in [0.25, 0.3) is 5.56 Å². The summed E-state index contributed by atoms with van der Waals surface area (Å²) in [5.74, 6) is 0.818. The molecule has 1 aromatic carbocycles. The molecule has 0 unspecified atom stereocenters. The van der Waals surface area contributed by atoms with E-state index in [9.17, 15) is 4.79 Å². The third-order valence-corrected chi connectivity index (χ3v) is 5.76. The van der Waals surface area contributed by atoms with Crippen molar-refractivity contribution in [1.29, 1.82) is 0 Å². The fourth-order valence-corrected chi connectivity index (χ4v) is 3.83. The van der Waals surface area contributed by atoms with Gasteiger partial charge in [-0.15, -0.1) is 11.3 Å². The molecule has 0 radical (unpaired) electrons. The number of hydrogen-bond donors (Lipinski definition) is 2. The molecule has 0 aliphatic carbocycles. The lowest BCUT2D eigenvalue weighted by Gasteiger charge is -2.11. The number of aliphatic imine (C=N–C) groups is 1. The number of benzene rings is 1. The summed E-state index contributed by atoms with van der Waals surface area (Å²) in [6.07, 6.45) is 2.89. The van der Waals surface area contributed by atoms with Crippen LogP contribution in [-0.2, 0) is 26.1 Å². The molecule has 0 amide bonds. The number of aryl methyl sites for hydroxylation is 1. The maximum absolute atomic E-state index is 11.8. The van der Waals surface area contributed by atoms with Crippen LogP contribution in [0.4, 0.5) is 0 Å². The van der Waals surface area contributed by atoms with Crippen LogP contribution in [0.25, 0.3) is 0 Å². The number of rotatable bonds is 8. The summed E-state index contributed by atoms with van der Waals surface area (Å²) in [5, 5.41) is 6.71. The van der Waals surface area contributed by atoms with E-state index in [0.717, 1.165) is 36.6 Å². The van der Waals surface area contributed by atoms with Gasteiger partial charge in [-0.1, -0.05) is 37.3 Å². The topological polar surface area (TPSA) is 58.4 Å². The van der Waals surface area contributed by atoms with E-state index >= 15 is 0 Å². The average molecular weight is 409 g/mol. The van der Waals surface area contributed by atoms with Crippen molar-refractivity contribution in [2.45, 2.75) is 39.9 Å². The molecule has 0 aliphatic heterocycles. The van der Waals surface area contributed by atoms with Crippen LogP contribution in [0, 0.1) is 0 Å². The second-order valence-electron chi connectivity index (χ2n) is 6.75. The van der Waals surface area contributed by atoms with Crippen LogP contribution in [-0.4, -0.2) is 17.1 Å². The summed E-state index contributed by atoms with van der Waals surface area (Å²) >= 11 is 1.84.